The first kappa shape index (κ1) is 15.7. The predicted molar refractivity (Wildman–Crippen MR) is 85.2 cm³/mol. The summed E-state index contributed by atoms with van der Waals surface area (Å²) in [5, 5.41) is 7.13. The van der Waals surface area contributed by atoms with E-state index in [4.69, 9.17) is 9.26 Å². The van der Waals surface area contributed by atoms with Crippen LogP contribution in [0.4, 0.5) is 0 Å². The van der Waals surface area contributed by atoms with Crippen molar-refractivity contribution in [1.29, 1.82) is 0 Å². The Hall–Kier alpha value is -3.22. The Kier molecular flexibility index (Phi) is 4.24. The normalized spacial score (nSPS) is 11.9. The Morgan fingerprint density at radius 3 is 2.71 bits per heavy atom. The average molecular weight is 325 g/mol. The second-order valence-corrected chi connectivity index (χ2v) is 5.19. The number of esters is 1. The summed E-state index contributed by atoms with van der Waals surface area (Å²) in [5.41, 5.74) is 1.93. The molecular weight excluding hydrogens is 310 g/mol. The smallest absolute Gasteiger partial charge is 0.333 e. The number of ether oxygens (including phenoxy) is 1. The summed E-state index contributed by atoms with van der Waals surface area (Å²) in [6.45, 7) is 1.76. The van der Waals surface area contributed by atoms with Gasteiger partial charge in [-0.2, -0.15) is 0 Å². The molecule has 7 heteroatoms. The number of aryl methyl sites for hydroxylation is 1. The number of fused-ring (bicyclic) bond motifs is 1. The zero-order valence-electron chi connectivity index (χ0n) is 13.1. The van der Waals surface area contributed by atoms with Gasteiger partial charge in [-0.05, 0) is 18.6 Å². The summed E-state index contributed by atoms with van der Waals surface area (Å²) in [5.74, 6) is -0.992. The molecule has 0 fully saturated rings. The number of aromatic nitrogens is 2. The number of rotatable bonds is 4. The van der Waals surface area contributed by atoms with Crippen LogP contribution in [0.2, 0.25) is 0 Å². The molecule has 0 spiro atoms. The van der Waals surface area contributed by atoms with Gasteiger partial charge in [0.25, 0.3) is 11.6 Å². The molecule has 24 heavy (non-hydrogen) atoms. The van der Waals surface area contributed by atoms with Crippen LogP contribution in [0.1, 0.15) is 27.7 Å². The van der Waals surface area contributed by atoms with Crippen LogP contribution >= 0.6 is 0 Å². The predicted octanol–water partition coefficient (Wildman–Crippen LogP) is 2.18. The molecule has 1 atom stereocenters. The lowest BCUT2D eigenvalue weighted by atomic mass is 10.1. The molecule has 1 N–H and O–H groups in total. The highest BCUT2D eigenvalue weighted by Gasteiger charge is 2.24. The highest BCUT2D eigenvalue weighted by atomic mass is 16.5. The van der Waals surface area contributed by atoms with E-state index in [-0.39, 0.29) is 0 Å². The van der Waals surface area contributed by atoms with Crippen molar-refractivity contribution in [1.82, 2.24) is 15.5 Å². The number of hydrogen-bond donors (Lipinski definition) is 1. The molecule has 122 valence electrons. The standard InChI is InChI=1S/C17H15N3O4/c1-10-13-8-12(9-18-16(13)24-20-10)15(21)19-14(17(22)23-2)11-6-4-3-5-7-11/h3-9,14H,1-2H3,(H,19,21)/t14-/m1/s1. The molecule has 3 rings (SSSR count). The highest BCUT2D eigenvalue weighted by Crippen LogP contribution is 2.19. The SMILES string of the molecule is COC(=O)[C@H](NC(=O)c1cnc2onc(C)c2c1)c1ccccc1. The van der Waals surface area contributed by atoms with E-state index in [1.807, 2.05) is 6.07 Å². The number of carbonyl (C=O) groups is 2. The lowest BCUT2D eigenvalue weighted by Gasteiger charge is -2.16. The highest BCUT2D eigenvalue weighted by molar-refractivity contribution is 5.99. The van der Waals surface area contributed by atoms with Crippen molar-refractivity contribution >= 4 is 23.0 Å². The van der Waals surface area contributed by atoms with Crippen LogP contribution in [0.3, 0.4) is 0 Å². The van der Waals surface area contributed by atoms with Crippen LogP contribution < -0.4 is 5.32 Å². The molecule has 0 saturated carbocycles. The molecule has 0 aliphatic heterocycles. The number of nitrogens with zero attached hydrogens (tertiary/aromatic N) is 2. The van der Waals surface area contributed by atoms with Crippen molar-refractivity contribution in [3.63, 3.8) is 0 Å². The van der Waals surface area contributed by atoms with E-state index in [1.54, 1.807) is 37.3 Å². The zero-order chi connectivity index (χ0) is 17.1. The number of pyridine rings is 1. The van der Waals surface area contributed by atoms with Crippen LogP contribution in [0, 0.1) is 6.92 Å². The summed E-state index contributed by atoms with van der Waals surface area (Å²) >= 11 is 0. The maximum Gasteiger partial charge on any atom is 0.333 e. The van der Waals surface area contributed by atoms with Crippen molar-refractivity contribution in [3.05, 3.63) is 59.4 Å². The molecule has 3 aromatic rings. The maximum absolute atomic E-state index is 12.5. The summed E-state index contributed by atoms with van der Waals surface area (Å²) in [6.07, 6.45) is 1.38. The number of hydrogen-bond acceptors (Lipinski definition) is 6. The van der Waals surface area contributed by atoms with Crippen LogP contribution in [-0.4, -0.2) is 29.1 Å². The van der Waals surface area contributed by atoms with Gasteiger partial charge >= 0.3 is 5.97 Å². The molecule has 0 saturated heterocycles. The summed E-state index contributed by atoms with van der Waals surface area (Å²) in [4.78, 5) is 28.6. The molecule has 0 unspecified atom stereocenters. The van der Waals surface area contributed by atoms with E-state index in [9.17, 15) is 9.59 Å². The van der Waals surface area contributed by atoms with E-state index in [2.05, 4.69) is 15.5 Å². The molecule has 2 aromatic heterocycles. The zero-order valence-corrected chi connectivity index (χ0v) is 13.1. The van der Waals surface area contributed by atoms with Crippen LogP contribution in [0.5, 0.6) is 0 Å². The van der Waals surface area contributed by atoms with Gasteiger partial charge in [-0.1, -0.05) is 35.5 Å². The Balaban J connectivity index is 1.89. The van der Waals surface area contributed by atoms with Crippen molar-refractivity contribution < 1.29 is 18.8 Å². The van der Waals surface area contributed by atoms with Gasteiger partial charge in [-0.25, -0.2) is 9.78 Å². The number of carbonyl (C=O) groups excluding carboxylic acids is 2. The first-order chi connectivity index (χ1) is 11.6. The quantitative estimate of drug-likeness (QED) is 0.739. The Bertz CT molecular complexity index is 889. The van der Waals surface area contributed by atoms with Crippen molar-refractivity contribution in [2.45, 2.75) is 13.0 Å². The first-order valence-electron chi connectivity index (χ1n) is 7.26. The van der Waals surface area contributed by atoms with Gasteiger partial charge in [0.15, 0.2) is 6.04 Å². The summed E-state index contributed by atoms with van der Waals surface area (Å²) < 4.78 is 9.81. The molecule has 1 amide bonds. The number of methoxy groups -OCH3 is 1. The monoisotopic (exact) mass is 325 g/mol. The number of nitrogens with one attached hydrogen (secondary N) is 1. The topological polar surface area (TPSA) is 94.3 Å². The number of benzene rings is 1. The Morgan fingerprint density at radius 1 is 1.25 bits per heavy atom. The van der Waals surface area contributed by atoms with E-state index < -0.39 is 17.9 Å². The second kappa shape index (κ2) is 6.49. The first-order valence-corrected chi connectivity index (χ1v) is 7.26. The molecular formula is C17H15N3O4. The largest absolute Gasteiger partial charge is 0.467 e. The summed E-state index contributed by atoms with van der Waals surface area (Å²) in [6, 6.07) is 9.61. The molecule has 7 nitrogen and oxygen atoms in total. The molecule has 2 heterocycles. The molecule has 0 aliphatic carbocycles. The van der Waals surface area contributed by atoms with Gasteiger partial charge in [0.2, 0.25) is 0 Å². The minimum absolute atomic E-state index is 0.304. The van der Waals surface area contributed by atoms with Crippen LogP contribution in [0.25, 0.3) is 11.1 Å². The fraction of sp³-hybridized carbons (Fsp3) is 0.176. The van der Waals surface area contributed by atoms with Gasteiger partial charge < -0.3 is 14.6 Å². The Labute approximate surface area is 137 Å². The van der Waals surface area contributed by atoms with E-state index in [0.717, 1.165) is 0 Å². The Morgan fingerprint density at radius 2 is 2.00 bits per heavy atom. The lowest BCUT2D eigenvalue weighted by Crippen LogP contribution is -2.34. The van der Waals surface area contributed by atoms with E-state index in [0.29, 0.717) is 27.9 Å². The van der Waals surface area contributed by atoms with Crippen LogP contribution in [-0.2, 0) is 9.53 Å². The lowest BCUT2D eigenvalue weighted by molar-refractivity contribution is -0.143. The van der Waals surface area contributed by atoms with Crippen molar-refractivity contribution in [2.75, 3.05) is 7.11 Å². The van der Waals surface area contributed by atoms with Gasteiger partial charge in [-0.15, -0.1) is 0 Å². The second-order valence-electron chi connectivity index (χ2n) is 5.19. The summed E-state index contributed by atoms with van der Waals surface area (Å²) in [7, 11) is 1.28. The maximum atomic E-state index is 12.5. The van der Waals surface area contributed by atoms with Gasteiger partial charge in [0, 0.05) is 6.20 Å². The van der Waals surface area contributed by atoms with Crippen LogP contribution in [0.15, 0.2) is 47.1 Å². The third-order valence-electron chi connectivity index (χ3n) is 3.62. The molecule has 0 bridgehead atoms. The third kappa shape index (κ3) is 2.96. The minimum Gasteiger partial charge on any atom is -0.467 e. The molecule has 0 aliphatic rings. The fourth-order valence-corrected chi connectivity index (χ4v) is 2.33. The van der Waals surface area contributed by atoms with Gasteiger partial charge in [0.1, 0.15) is 0 Å². The average Bonchev–Trinajstić information content (AvgIpc) is 3.00. The van der Waals surface area contributed by atoms with Gasteiger partial charge in [0.05, 0.1) is 23.8 Å². The van der Waals surface area contributed by atoms with E-state index >= 15 is 0 Å². The molecule has 1 aromatic carbocycles. The molecule has 0 radical (unpaired) electrons. The number of amides is 1. The third-order valence-corrected chi connectivity index (χ3v) is 3.62. The fourth-order valence-electron chi connectivity index (χ4n) is 2.33. The minimum atomic E-state index is -0.900. The van der Waals surface area contributed by atoms with Crippen molar-refractivity contribution in [2.24, 2.45) is 0 Å². The van der Waals surface area contributed by atoms with Crippen molar-refractivity contribution in [3.8, 4) is 0 Å². The van der Waals surface area contributed by atoms with E-state index in [1.165, 1.54) is 13.3 Å². The van der Waals surface area contributed by atoms with Gasteiger partial charge in [-0.3, -0.25) is 4.79 Å².